The third-order valence-corrected chi connectivity index (χ3v) is 4.34. The van der Waals surface area contributed by atoms with Crippen molar-refractivity contribution in [1.82, 2.24) is 4.90 Å². The Hall–Kier alpha value is -1.39. The van der Waals surface area contributed by atoms with E-state index < -0.39 is 0 Å². The van der Waals surface area contributed by atoms with Crippen molar-refractivity contribution in [3.05, 3.63) is 29.8 Å². The average molecular weight is 290 g/mol. The van der Waals surface area contributed by atoms with E-state index >= 15 is 0 Å². The predicted molar refractivity (Wildman–Crippen MR) is 85.3 cm³/mol. The Morgan fingerprint density at radius 1 is 1.48 bits per heavy atom. The molecule has 2 unspecified atom stereocenters. The standard InChI is InChI=1S/C17H26N2O2/c1-13-5-3-6-15(11-13)18-17(21)7-4-9-19-10-8-14(2)16(19)12-20/h3,5-6,11,14,16,20H,4,7-10,12H2,1-2H3,(H,18,21). The fourth-order valence-corrected chi connectivity index (χ4v) is 3.05. The van der Waals surface area contributed by atoms with Gasteiger partial charge >= 0.3 is 0 Å². The molecule has 2 atom stereocenters. The molecule has 1 aliphatic rings. The largest absolute Gasteiger partial charge is 0.395 e. The van der Waals surface area contributed by atoms with Gasteiger partial charge in [0.2, 0.25) is 5.91 Å². The van der Waals surface area contributed by atoms with Gasteiger partial charge in [-0.2, -0.15) is 0 Å². The average Bonchev–Trinajstić information content (AvgIpc) is 2.79. The van der Waals surface area contributed by atoms with E-state index in [0.29, 0.717) is 12.3 Å². The molecule has 0 aliphatic carbocycles. The number of carbonyl (C=O) groups excluding carboxylic acids is 1. The van der Waals surface area contributed by atoms with Crippen molar-refractivity contribution in [2.24, 2.45) is 5.92 Å². The maximum Gasteiger partial charge on any atom is 0.224 e. The fraction of sp³-hybridized carbons (Fsp3) is 0.588. The topological polar surface area (TPSA) is 52.6 Å². The molecule has 4 nitrogen and oxygen atoms in total. The lowest BCUT2D eigenvalue weighted by Crippen LogP contribution is -2.36. The van der Waals surface area contributed by atoms with Gasteiger partial charge in [0.25, 0.3) is 0 Å². The molecule has 0 aromatic heterocycles. The number of aryl methyl sites for hydroxylation is 1. The Morgan fingerprint density at radius 3 is 3.00 bits per heavy atom. The van der Waals surface area contributed by atoms with Crippen molar-refractivity contribution >= 4 is 11.6 Å². The molecular weight excluding hydrogens is 264 g/mol. The maximum atomic E-state index is 11.9. The second-order valence-electron chi connectivity index (χ2n) is 6.07. The Labute approximate surface area is 127 Å². The predicted octanol–water partition coefficient (Wildman–Crippen LogP) is 2.42. The molecule has 1 aromatic carbocycles. The van der Waals surface area contributed by atoms with E-state index in [4.69, 9.17) is 0 Å². The van der Waals surface area contributed by atoms with E-state index in [1.54, 1.807) is 0 Å². The number of rotatable bonds is 6. The summed E-state index contributed by atoms with van der Waals surface area (Å²) >= 11 is 0. The molecule has 2 N–H and O–H groups in total. The monoisotopic (exact) mass is 290 g/mol. The molecule has 1 heterocycles. The number of aliphatic hydroxyl groups is 1. The summed E-state index contributed by atoms with van der Waals surface area (Å²) in [6.45, 7) is 6.34. The van der Waals surface area contributed by atoms with Gasteiger partial charge in [0.05, 0.1) is 6.61 Å². The van der Waals surface area contributed by atoms with Gasteiger partial charge in [0.1, 0.15) is 0 Å². The van der Waals surface area contributed by atoms with E-state index in [1.807, 2.05) is 31.2 Å². The van der Waals surface area contributed by atoms with Gasteiger partial charge in [-0.3, -0.25) is 9.69 Å². The molecule has 116 valence electrons. The zero-order valence-corrected chi connectivity index (χ0v) is 13.0. The van der Waals surface area contributed by atoms with Crippen LogP contribution in [0.4, 0.5) is 5.69 Å². The van der Waals surface area contributed by atoms with Crippen LogP contribution in [0.25, 0.3) is 0 Å². The Bertz CT molecular complexity index is 476. The molecular formula is C17H26N2O2. The van der Waals surface area contributed by atoms with Gasteiger partial charge < -0.3 is 10.4 Å². The van der Waals surface area contributed by atoms with Crippen LogP contribution in [-0.4, -0.2) is 41.7 Å². The van der Waals surface area contributed by atoms with Crippen molar-refractivity contribution in [3.8, 4) is 0 Å². The van der Waals surface area contributed by atoms with Crippen LogP contribution in [0.2, 0.25) is 0 Å². The number of likely N-dealkylation sites (tertiary alicyclic amines) is 1. The number of hydrogen-bond acceptors (Lipinski definition) is 3. The van der Waals surface area contributed by atoms with E-state index in [1.165, 1.54) is 0 Å². The van der Waals surface area contributed by atoms with E-state index in [9.17, 15) is 9.90 Å². The summed E-state index contributed by atoms with van der Waals surface area (Å²) in [4.78, 5) is 14.2. The summed E-state index contributed by atoms with van der Waals surface area (Å²) < 4.78 is 0. The summed E-state index contributed by atoms with van der Waals surface area (Å²) in [5.74, 6) is 0.615. The summed E-state index contributed by atoms with van der Waals surface area (Å²) in [7, 11) is 0. The lowest BCUT2D eigenvalue weighted by Gasteiger charge is -2.24. The van der Waals surface area contributed by atoms with E-state index in [0.717, 1.165) is 37.2 Å². The molecule has 0 saturated carbocycles. The summed E-state index contributed by atoms with van der Waals surface area (Å²) in [5, 5.41) is 12.4. The highest BCUT2D eigenvalue weighted by molar-refractivity contribution is 5.90. The van der Waals surface area contributed by atoms with Gasteiger partial charge in [-0.25, -0.2) is 0 Å². The molecule has 4 heteroatoms. The maximum absolute atomic E-state index is 11.9. The van der Waals surface area contributed by atoms with E-state index in [-0.39, 0.29) is 18.6 Å². The van der Waals surface area contributed by atoms with Crippen LogP contribution in [0.3, 0.4) is 0 Å². The number of aliphatic hydroxyl groups excluding tert-OH is 1. The molecule has 1 aromatic rings. The number of nitrogens with one attached hydrogen (secondary N) is 1. The number of carbonyl (C=O) groups is 1. The zero-order chi connectivity index (χ0) is 15.2. The minimum Gasteiger partial charge on any atom is -0.395 e. The molecule has 0 radical (unpaired) electrons. The van der Waals surface area contributed by atoms with Crippen molar-refractivity contribution in [2.75, 3.05) is 25.0 Å². The van der Waals surface area contributed by atoms with Crippen LogP contribution < -0.4 is 5.32 Å². The first-order valence-electron chi connectivity index (χ1n) is 7.81. The fourth-order valence-electron chi connectivity index (χ4n) is 3.05. The number of benzene rings is 1. The summed E-state index contributed by atoms with van der Waals surface area (Å²) in [5.41, 5.74) is 2.01. The Balaban J connectivity index is 1.72. The molecule has 21 heavy (non-hydrogen) atoms. The molecule has 1 amide bonds. The third kappa shape index (κ3) is 4.55. The summed E-state index contributed by atoms with van der Waals surface area (Å²) in [6, 6.07) is 8.11. The quantitative estimate of drug-likeness (QED) is 0.846. The van der Waals surface area contributed by atoms with Crippen LogP contribution in [0.1, 0.15) is 31.7 Å². The Morgan fingerprint density at radius 2 is 2.29 bits per heavy atom. The van der Waals surface area contributed by atoms with E-state index in [2.05, 4.69) is 17.1 Å². The van der Waals surface area contributed by atoms with Gasteiger partial charge in [0, 0.05) is 18.2 Å². The number of hydrogen-bond donors (Lipinski definition) is 2. The second-order valence-corrected chi connectivity index (χ2v) is 6.07. The van der Waals surface area contributed by atoms with Crippen molar-refractivity contribution in [1.29, 1.82) is 0 Å². The molecule has 2 rings (SSSR count). The smallest absolute Gasteiger partial charge is 0.224 e. The highest BCUT2D eigenvalue weighted by Gasteiger charge is 2.29. The first-order valence-corrected chi connectivity index (χ1v) is 7.81. The number of anilines is 1. The number of amides is 1. The normalized spacial score (nSPS) is 22.4. The highest BCUT2D eigenvalue weighted by atomic mass is 16.3. The van der Waals surface area contributed by atoms with Gasteiger partial charge in [-0.05, 0) is 56.5 Å². The lowest BCUT2D eigenvalue weighted by molar-refractivity contribution is -0.116. The van der Waals surface area contributed by atoms with Gasteiger partial charge in [0.15, 0.2) is 0 Å². The highest BCUT2D eigenvalue weighted by Crippen LogP contribution is 2.23. The summed E-state index contributed by atoms with van der Waals surface area (Å²) in [6.07, 6.45) is 2.50. The van der Waals surface area contributed by atoms with Crippen molar-refractivity contribution in [2.45, 2.75) is 39.2 Å². The van der Waals surface area contributed by atoms with Gasteiger partial charge in [-0.1, -0.05) is 19.1 Å². The molecule has 1 fully saturated rings. The van der Waals surface area contributed by atoms with Crippen LogP contribution >= 0.6 is 0 Å². The number of nitrogens with zero attached hydrogens (tertiary/aromatic N) is 1. The first kappa shape index (κ1) is 16.0. The van der Waals surface area contributed by atoms with Gasteiger partial charge in [-0.15, -0.1) is 0 Å². The van der Waals surface area contributed by atoms with Crippen LogP contribution in [0.5, 0.6) is 0 Å². The molecule has 1 aliphatic heterocycles. The second kappa shape index (κ2) is 7.57. The first-order chi connectivity index (χ1) is 10.1. The van der Waals surface area contributed by atoms with Crippen molar-refractivity contribution < 1.29 is 9.90 Å². The Kier molecular flexibility index (Phi) is 5.76. The van der Waals surface area contributed by atoms with Crippen molar-refractivity contribution in [3.63, 3.8) is 0 Å². The van der Waals surface area contributed by atoms with Crippen LogP contribution in [0, 0.1) is 12.8 Å². The zero-order valence-electron chi connectivity index (χ0n) is 13.0. The minimum atomic E-state index is 0.0633. The SMILES string of the molecule is Cc1cccc(NC(=O)CCCN2CCC(C)C2CO)c1. The molecule has 1 saturated heterocycles. The van der Waals surface area contributed by atoms with Crippen LogP contribution in [0.15, 0.2) is 24.3 Å². The molecule has 0 spiro atoms. The molecule has 0 bridgehead atoms. The lowest BCUT2D eigenvalue weighted by atomic mass is 10.0. The third-order valence-electron chi connectivity index (χ3n) is 4.34. The van der Waals surface area contributed by atoms with Crippen LogP contribution in [-0.2, 0) is 4.79 Å². The minimum absolute atomic E-state index is 0.0633.